The van der Waals surface area contributed by atoms with Gasteiger partial charge in [0.1, 0.15) is 22.2 Å². The molecule has 0 spiro atoms. The van der Waals surface area contributed by atoms with Crippen molar-refractivity contribution in [3.05, 3.63) is 87.2 Å². The molecule has 0 saturated carbocycles. The first kappa shape index (κ1) is 19.3. The number of hydrogen-bond acceptors (Lipinski definition) is 7. The number of nitrogens with one attached hydrogen (secondary N) is 1. The molecule has 30 heavy (non-hydrogen) atoms. The normalized spacial score (nSPS) is 11.3. The maximum Gasteiger partial charge on any atom is 0.345 e. The van der Waals surface area contributed by atoms with Gasteiger partial charge >= 0.3 is 5.63 Å². The van der Waals surface area contributed by atoms with Crippen LogP contribution in [0.2, 0.25) is 0 Å². The Bertz CT molecular complexity index is 1380. The summed E-state index contributed by atoms with van der Waals surface area (Å²) < 4.78 is 5.37. The van der Waals surface area contributed by atoms with Crippen molar-refractivity contribution in [3.63, 3.8) is 0 Å². The van der Waals surface area contributed by atoms with Gasteiger partial charge in [0.15, 0.2) is 5.78 Å². The zero-order chi connectivity index (χ0) is 21.1. The maximum atomic E-state index is 12.4. The minimum atomic E-state index is -0.475. The summed E-state index contributed by atoms with van der Waals surface area (Å²) in [5.41, 5.74) is 2.52. The first-order valence-corrected chi connectivity index (χ1v) is 9.90. The van der Waals surface area contributed by atoms with E-state index in [0.717, 1.165) is 11.1 Å². The van der Waals surface area contributed by atoms with Crippen molar-refractivity contribution in [2.75, 3.05) is 5.32 Å². The molecule has 2 aromatic heterocycles. The number of rotatable bonds is 5. The fourth-order valence-electron chi connectivity index (χ4n) is 2.86. The van der Waals surface area contributed by atoms with Crippen LogP contribution in [-0.2, 0) is 0 Å². The standard InChI is InChI=1S/C23H15N3O3S/c1-14(27)15-6-8-18(9-7-15)25-12-17(11-24)22-26-20(13-30-22)19-10-16-4-2-3-5-21(16)29-23(19)28/h2-10,12-13,25H,1H3/b17-12+. The first-order valence-electron chi connectivity index (χ1n) is 9.02. The van der Waals surface area contributed by atoms with Gasteiger partial charge in [0.05, 0.1) is 11.3 Å². The van der Waals surface area contributed by atoms with Crippen LogP contribution in [0.4, 0.5) is 5.69 Å². The number of ketones is 1. The van der Waals surface area contributed by atoms with Crippen molar-refractivity contribution in [3.8, 4) is 17.3 Å². The summed E-state index contributed by atoms with van der Waals surface area (Å²) >= 11 is 1.27. The van der Waals surface area contributed by atoms with Crippen LogP contribution in [0.3, 0.4) is 0 Å². The average molecular weight is 413 g/mol. The number of nitriles is 1. The second-order valence-electron chi connectivity index (χ2n) is 6.47. The van der Waals surface area contributed by atoms with Crippen molar-refractivity contribution in [1.82, 2.24) is 4.98 Å². The molecule has 7 heteroatoms. The molecule has 6 nitrogen and oxygen atoms in total. The Hall–Kier alpha value is -4.02. The summed E-state index contributed by atoms with van der Waals surface area (Å²) in [6, 6.07) is 18.1. The van der Waals surface area contributed by atoms with Gasteiger partial charge in [-0.15, -0.1) is 11.3 Å². The third kappa shape index (κ3) is 3.90. The zero-order valence-corrected chi connectivity index (χ0v) is 16.7. The Labute approximate surface area is 175 Å². The largest absolute Gasteiger partial charge is 0.422 e. The van der Waals surface area contributed by atoms with Crippen molar-refractivity contribution in [1.29, 1.82) is 5.26 Å². The van der Waals surface area contributed by atoms with E-state index in [1.54, 1.807) is 54.0 Å². The number of para-hydroxylation sites is 1. The van der Waals surface area contributed by atoms with Gasteiger partial charge in [0.2, 0.25) is 0 Å². The molecule has 0 atom stereocenters. The van der Waals surface area contributed by atoms with Gasteiger partial charge in [0.25, 0.3) is 0 Å². The Kier molecular flexibility index (Phi) is 5.24. The van der Waals surface area contributed by atoms with Gasteiger partial charge < -0.3 is 9.73 Å². The van der Waals surface area contributed by atoms with E-state index in [0.29, 0.717) is 33.0 Å². The molecule has 0 amide bonds. The van der Waals surface area contributed by atoms with Gasteiger partial charge in [-0.3, -0.25) is 4.79 Å². The molecule has 0 radical (unpaired) electrons. The number of allylic oxidation sites excluding steroid dienone is 1. The van der Waals surface area contributed by atoms with Gasteiger partial charge in [-0.1, -0.05) is 18.2 Å². The molecule has 0 aliphatic rings. The number of fused-ring (bicyclic) bond motifs is 1. The van der Waals surface area contributed by atoms with Gasteiger partial charge in [-0.25, -0.2) is 9.78 Å². The van der Waals surface area contributed by atoms with Gasteiger partial charge in [0, 0.05) is 28.2 Å². The highest BCUT2D eigenvalue weighted by atomic mass is 32.1. The Balaban J connectivity index is 1.61. The number of nitrogens with zero attached hydrogens (tertiary/aromatic N) is 2. The predicted octanol–water partition coefficient (Wildman–Crippen LogP) is 5.10. The van der Waals surface area contributed by atoms with E-state index in [2.05, 4.69) is 16.4 Å². The number of hydrogen-bond donors (Lipinski definition) is 1. The van der Waals surface area contributed by atoms with E-state index < -0.39 is 5.63 Å². The zero-order valence-electron chi connectivity index (χ0n) is 15.9. The topological polar surface area (TPSA) is 96.0 Å². The summed E-state index contributed by atoms with van der Waals surface area (Å²) in [4.78, 5) is 28.2. The molecule has 0 aliphatic carbocycles. The summed E-state index contributed by atoms with van der Waals surface area (Å²) in [6.45, 7) is 1.51. The van der Waals surface area contributed by atoms with Crippen LogP contribution < -0.4 is 10.9 Å². The number of aromatic nitrogens is 1. The molecule has 1 N–H and O–H groups in total. The smallest absolute Gasteiger partial charge is 0.345 e. The highest BCUT2D eigenvalue weighted by Crippen LogP contribution is 2.26. The van der Waals surface area contributed by atoms with Crippen molar-refractivity contribution in [2.45, 2.75) is 6.92 Å². The minimum Gasteiger partial charge on any atom is -0.422 e. The molecule has 0 fully saturated rings. The second-order valence-corrected chi connectivity index (χ2v) is 7.33. The molecule has 146 valence electrons. The Morgan fingerprint density at radius 1 is 1.20 bits per heavy atom. The van der Waals surface area contributed by atoms with E-state index in [9.17, 15) is 14.9 Å². The van der Waals surface area contributed by atoms with Crippen LogP contribution in [0, 0.1) is 11.3 Å². The van der Waals surface area contributed by atoms with Gasteiger partial charge in [-0.05, 0) is 43.3 Å². The number of Topliss-reactive ketones (excluding diaryl/α,β-unsaturated/α-hetero) is 1. The van der Waals surface area contributed by atoms with Crippen LogP contribution in [0.15, 0.2) is 75.4 Å². The fourth-order valence-corrected chi connectivity index (χ4v) is 3.65. The average Bonchev–Trinajstić information content (AvgIpc) is 3.24. The van der Waals surface area contributed by atoms with Crippen LogP contribution in [-0.4, -0.2) is 10.8 Å². The summed E-state index contributed by atoms with van der Waals surface area (Å²) in [7, 11) is 0. The van der Waals surface area contributed by atoms with Gasteiger partial charge in [-0.2, -0.15) is 5.26 Å². The van der Waals surface area contributed by atoms with E-state index in [1.165, 1.54) is 18.3 Å². The molecule has 2 heterocycles. The predicted molar refractivity (Wildman–Crippen MR) is 117 cm³/mol. The third-order valence-corrected chi connectivity index (χ3v) is 5.32. The molecular weight excluding hydrogens is 398 g/mol. The number of carbonyl (C=O) groups excluding carboxylic acids is 1. The number of anilines is 1. The highest BCUT2D eigenvalue weighted by molar-refractivity contribution is 7.11. The molecule has 4 rings (SSSR count). The first-order chi connectivity index (χ1) is 14.5. The van der Waals surface area contributed by atoms with E-state index >= 15 is 0 Å². The molecule has 4 aromatic rings. The molecule has 0 aliphatic heterocycles. The fraction of sp³-hybridized carbons (Fsp3) is 0.0435. The highest BCUT2D eigenvalue weighted by Gasteiger charge is 2.13. The Morgan fingerprint density at radius 2 is 1.97 bits per heavy atom. The summed E-state index contributed by atoms with van der Waals surface area (Å²) in [6.07, 6.45) is 1.55. The maximum absolute atomic E-state index is 12.4. The molecule has 0 unspecified atom stereocenters. The Morgan fingerprint density at radius 3 is 2.70 bits per heavy atom. The lowest BCUT2D eigenvalue weighted by Crippen LogP contribution is -2.02. The lowest BCUT2D eigenvalue weighted by atomic mass is 10.1. The number of carbonyl (C=O) groups is 1. The van der Waals surface area contributed by atoms with Crippen molar-refractivity contribution >= 4 is 39.3 Å². The van der Waals surface area contributed by atoms with E-state index in [4.69, 9.17) is 4.42 Å². The van der Waals surface area contributed by atoms with E-state index in [-0.39, 0.29) is 5.78 Å². The summed E-state index contributed by atoms with van der Waals surface area (Å²) in [5.74, 6) is -0.0108. The SMILES string of the molecule is CC(=O)c1ccc(N/C=C(\C#N)c2nc(-c3cc4ccccc4oc3=O)cs2)cc1. The molecular formula is C23H15N3O3S. The number of benzene rings is 2. The van der Waals surface area contributed by atoms with Crippen LogP contribution in [0.25, 0.3) is 27.8 Å². The van der Waals surface area contributed by atoms with Crippen molar-refractivity contribution in [2.24, 2.45) is 0 Å². The third-order valence-electron chi connectivity index (χ3n) is 4.45. The second kappa shape index (κ2) is 8.15. The minimum absolute atomic E-state index is 0.0108. The van der Waals surface area contributed by atoms with Crippen LogP contribution in [0.1, 0.15) is 22.3 Å². The quantitative estimate of drug-likeness (QED) is 0.278. The lowest BCUT2D eigenvalue weighted by Gasteiger charge is -2.02. The van der Waals surface area contributed by atoms with Crippen molar-refractivity contribution < 1.29 is 9.21 Å². The van der Waals surface area contributed by atoms with Crippen LogP contribution in [0.5, 0.6) is 0 Å². The monoisotopic (exact) mass is 413 g/mol. The van der Waals surface area contributed by atoms with Crippen LogP contribution >= 0.6 is 11.3 Å². The number of thiazole rings is 1. The van der Waals surface area contributed by atoms with E-state index in [1.807, 2.05) is 12.1 Å². The molecule has 0 bridgehead atoms. The molecule has 0 saturated heterocycles. The lowest BCUT2D eigenvalue weighted by molar-refractivity contribution is 0.101. The summed E-state index contributed by atoms with van der Waals surface area (Å²) in [5, 5.41) is 15.6. The molecule has 2 aromatic carbocycles.